The van der Waals surface area contributed by atoms with Crippen LogP contribution in [0.1, 0.15) is 24.3 Å². The van der Waals surface area contributed by atoms with Crippen LogP contribution < -0.4 is 10.0 Å². The summed E-state index contributed by atoms with van der Waals surface area (Å²) in [6.07, 6.45) is 0. The van der Waals surface area contributed by atoms with E-state index < -0.39 is 10.0 Å². The zero-order valence-electron chi connectivity index (χ0n) is 12.4. The molecule has 0 saturated heterocycles. The van der Waals surface area contributed by atoms with Gasteiger partial charge in [0.1, 0.15) is 4.90 Å². The molecule has 0 fully saturated rings. The van der Waals surface area contributed by atoms with E-state index in [1.165, 1.54) is 11.3 Å². The summed E-state index contributed by atoms with van der Waals surface area (Å²) >= 11 is 1.47. The van der Waals surface area contributed by atoms with Crippen LogP contribution in [0.3, 0.4) is 0 Å². The molecule has 0 amide bonds. The predicted octanol–water partition coefficient (Wildman–Crippen LogP) is 3.36. The highest BCUT2D eigenvalue weighted by atomic mass is 32.2. The van der Waals surface area contributed by atoms with Crippen LogP contribution in [0.2, 0.25) is 0 Å². The van der Waals surface area contributed by atoms with E-state index >= 15 is 0 Å². The van der Waals surface area contributed by atoms with Crippen molar-refractivity contribution in [3.05, 3.63) is 46.2 Å². The number of hydrogen-bond donors (Lipinski definition) is 2. The van der Waals surface area contributed by atoms with Crippen molar-refractivity contribution in [1.29, 1.82) is 0 Å². The van der Waals surface area contributed by atoms with Crippen molar-refractivity contribution in [3.63, 3.8) is 0 Å². The average molecular weight is 324 g/mol. The van der Waals surface area contributed by atoms with E-state index in [0.717, 1.165) is 10.4 Å². The summed E-state index contributed by atoms with van der Waals surface area (Å²) in [6, 6.07) is 9.26. The first-order valence-corrected chi connectivity index (χ1v) is 9.14. The molecule has 114 valence electrons. The normalized spacial score (nSPS) is 11.8. The first kappa shape index (κ1) is 16.0. The first-order valence-electron chi connectivity index (χ1n) is 6.78. The molecule has 0 saturated carbocycles. The van der Waals surface area contributed by atoms with Gasteiger partial charge < -0.3 is 5.32 Å². The van der Waals surface area contributed by atoms with Crippen LogP contribution in [0.25, 0.3) is 0 Å². The molecule has 1 aromatic carbocycles. The Balaban J connectivity index is 2.29. The number of para-hydroxylation sites is 1. The van der Waals surface area contributed by atoms with Gasteiger partial charge in [0.2, 0.25) is 0 Å². The Kier molecular flexibility index (Phi) is 5.03. The molecule has 4 nitrogen and oxygen atoms in total. The third-order valence-electron chi connectivity index (χ3n) is 2.95. The van der Waals surface area contributed by atoms with E-state index in [0.29, 0.717) is 23.2 Å². The largest absolute Gasteiger partial charge is 0.310 e. The molecule has 2 rings (SSSR count). The number of benzene rings is 1. The highest BCUT2D eigenvalue weighted by Crippen LogP contribution is 2.28. The van der Waals surface area contributed by atoms with Gasteiger partial charge in [0, 0.05) is 23.2 Å². The molecule has 0 atom stereocenters. The summed E-state index contributed by atoms with van der Waals surface area (Å²) in [5.74, 6) is 0. The van der Waals surface area contributed by atoms with Gasteiger partial charge in [-0.2, -0.15) is 0 Å². The standard InChI is InChI=1S/C15H20N2O2S2/c1-11(2)16-9-14-15(12(3)10-20-14)21(18,19)17-13-7-5-4-6-8-13/h4-8,10-11,16-17H,9H2,1-3H3. The summed E-state index contributed by atoms with van der Waals surface area (Å²) in [5, 5.41) is 5.16. The van der Waals surface area contributed by atoms with E-state index in [9.17, 15) is 8.42 Å². The lowest BCUT2D eigenvalue weighted by Gasteiger charge is -2.12. The minimum absolute atomic E-state index is 0.310. The Morgan fingerprint density at radius 3 is 2.48 bits per heavy atom. The third-order valence-corrected chi connectivity index (χ3v) is 5.80. The van der Waals surface area contributed by atoms with Crippen molar-refractivity contribution in [1.82, 2.24) is 5.32 Å². The van der Waals surface area contributed by atoms with Crippen LogP contribution in [-0.2, 0) is 16.6 Å². The monoisotopic (exact) mass is 324 g/mol. The van der Waals surface area contributed by atoms with E-state index in [1.54, 1.807) is 24.3 Å². The Bertz CT molecular complexity index is 692. The smallest absolute Gasteiger partial charge is 0.263 e. The molecule has 0 aliphatic rings. The summed E-state index contributed by atoms with van der Waals surface area (Å²) in [5.41, 5.74) is 1.36. The zero-order chi connectivity index (χ0) is 15.5. The van der Waals surface area contributed by atoms with Crippen LogP contribution in [0, 0.1) is 6.92 Å². The van der Waals surface area contributed by atoms with Gasteiger partial charge in [-0.05, 0) is 30.0 Å². The van der Waals surface area contributed by atoms with Gasteiger partial charge in [-0.15, -0.1) is 11.3 Å². The maximum Gasteiger partial charge on any atom is 0.263 e. The molecular weight excluding hydrogens is 304 g/mol. The molecule has 1 heterocycles. The predicted molar refractivity (Wildman–Crippen MR) is 88.3 cm³/mol. The van der Waals surface area contributed by atoms with E-state index in [2.05, 4.69) is 10.0 Å². The summed E-state index contributed by atoms with van der Waals surface area (Å²) < 4.78 is 27.9. The van der Waals surface area contributed by atoms with Gasteiger partial charge in [0.05, 0.1) is 0 Å². The SMILES string of the molecule is Cc1csc(CNC(C)C)c1S(=O)(=O)Nc1ccccc1. The molecule has 0 radical (unpaired) electrons. The molecule has 0 aliphatic carbocycles. The first-order chi connectivity index (χ1) is 9.90. The van der Waals surface area contributed by atoms with Gasteiger partial charge in [-0.1, -0.05) is 32.0 Å². The average Bonchev–Trinajstić information content (AvgIpc) is 2.79. The van der Waals surface area contributed by atoms with Gasteiger partial charge in [0.15, 0.2) is 0 Å². The lowest BCUT2D eigenvalue weighted by Crippen LogP contribution is -2.23. The summed E-state index contributed by atoms with van der Waals surface area (Å²) in [6.45, 7) is 6.46. The number of aryl methyl sites for hydroxylation is 1. The fourth-order valence-corrected chi connectivity index (χ4v) is 4.80. The highest BCUT2D eigenvalue weighted by Gasteiger charge is 2.23. The number of nitrogens with one attached hydrogen (secondary N) is 2. The maximum absolute atomic E-state index is 12.6. The molecule has 0 unspecified atom stereocenters. The van der Waals surface area contributed by atoms with Crippen molar-refractivity contribution >= 4 is 27.0 Å². The lowest BCUT2D eigenvalue weighted by atomic mass is 10.3. The van der Waals surface area contributed by atoms with Crippen LogP contribution in [0.15, 0.2) is 40.6 Å². The van der Waals surface area contributed by atoms with Crippen LogP contribution in [0.4, 0.5) is 5.69 Å². The Labute approximate surface area is 130 Å². The van der Waals surface area contributed by atoms with Gasteiger partial charge in [0.25, 0.3) is 10.0 Å². The maximum atomic E-state index is 12.6. The minimum Gasteiger partial charge on any atom is -0.310 e. The van der Waals surface area contributed by atoms with Gasteiger partial charge in [-0.3, -0.25) is 4.72 Å². The number of hydrogen-bond acceptors (Lipinski definition) is 4. The van der Waals surface area contributed by atoms with Crippen LogP contribution in [-0.4, -0.2) is 14.5 Å². The number of thiophene rings is 1. The molecule has 2 N–H and O–H groups in total. The van der Waals surface area contributed by atoms with E-state index in [4.69, 9.17) is 0 Å². The number of rotatable bonds is 6. The van der Waals surface area contributed by atoms with Gasteiger partial charge >= 0.3 is 0 Å². The molecule has 6 heteroatoms. The molecule has 1 aromatic heterocycles. The Hall–Kier alpha value is -1.37. The minimum atomic E-state index is -3.56. The van der Waals surface area contributed by atoms with Crippen LogP contribution >= 0.6 is 11.3 Å². The van der Waals surface area contributed by atoms with Gasteiger partial charge in [-0.25, -0.2) is 8.42 Å². The second-order valence-corrected chi connectivity index (χ2v) is 7.76. The Morgan fingerprint density at radius 2 is 1.86 bits per heavy atom. The topological polar surface area (TPSA) is 58.2 Å². The van der Waals surface area contributed by atoms with E-state index in [-0.39, 0.29) is 0 Å². The fraction of sp³-hybridized carbons (Fsp3) is 0.333. The van der Waals surface area contributed by atoms with Crippen LogP contribution in [0.5, 0.6) is 0 Å². The van der Waals surface area contributed by atoms with Crippen molar-refractivity contribution in [3.8, 4) is 0 Å². The second-order valence-electron chi connectivity index (χ2n) is 5.18. The molecular formula is C15H20N2O2S2. The number of anilines is 1. The third kappa shape index (κ3) is 4.06. The molecule has 21 heavy (non-hydrogen) atoms. The second kappa shape index (κ2) is 6.60. The van der Waals surface area contributed by atoms with Crippen molar-refractivity contribution in [2.75, 3.05) is 4.72 Å². The molecule has 0 aliphatic heterocycles. The fourth-order valence-electron chi connectivity index (χ4n) is 1.98. The summed E-state index contributed by atoms with van der Waals surface area (Å²) in [4.78, 5) is 1.23. The highest BCUT2D eigenvalue weighted by molar-refractivity contribution is 7.93. The van der Waals surface area contributed by atoms with E-state index in [1.807, 2.05) is 32.2 Å². The van der Waals surface area contributed by atoms with Crippen molar-refractivity contribution in [2.24, 2.45) is 0 Å². The molecule has 0 spiro atoms. The molecule has 0 bridgehead atoms. The Morgan fingerprint density at radius 1 is 1.19 bits per heavy atom. The number of sulfonamides is 1. The lowest BCUT2D eigenvalue weighted by molar-refractivity contribution is 0.581. The van der Waals surface area contributed by atoms with Crippen molar-refractivity contribution < 1.29 is 8.42 Å². The van der Waals surface area contributed by atoms with Crippen molar-refractivity contribution in [2.45, 2.75) is 38.3 Å². The zero-order valence-corrected chi connectivity index (χ0v) is 14.0. The molecule has 2 aromatic rings. The summed E-state index contributed by atoms with van der Waals surface area (Å²) in [7, 11) is -3.56. The quantitative estimate of drug-likeness (QED) is 0.856.